The molecular weight excluding hydrogens is 327 g/mol. The number of carbonyl (C=O) groups excluding carboxylic acids is 1. The van der Waals surface area contributed by atoms with Crippen molar-refractivity contribution in [3.8, 4) is 5.75 Å². The van der Waals surface area contributed by atoms with Gasteiger partial charge in [-0.15, -0.1) is 12.4 Å². The Morgan fingerprint density at radius 1 is 1.50 bits per heavy atom. The minimum absolute atomic E-state index is 0. The molecule has 1 aromatic carbocycles. The van der Waals surface area contributed by atoms with E-state index in [9.17, 15) is 4.79 Å². The van der Waals surface area contributed by atoms with E-state index in [0.29, 0.717) is 30.5 Å². The van der Waals surface area contributed by atoms with E-state index in [1.54, 1.807) is 25.3 Å². The fraction of sp³-hybridized carbons (Fsp3) is 0.533. The van der Waals surface area contributed by atoms with E-state index in [1.165, 1.54) is 0 Å². The Bertz CT molecular complexity index is 494. The lowest BCUT2D eigenvalue weighted by Crippen LogP contribution is -2.46. The van der Waals surface area contributed by atoms with E-state index < -0.39 is 6.04 Å². The summed E-state index contributed by atoms with van der Waals surface area (Å²) < 4.78 is 10.5. The lowest BCUT2D eigenvalue weighted by atomic mass is 9.92. The largest absolute Gasteiger partial charge is 0.496 e. The molecule has 2 rings (SSSR count). The van der Waals surface area contributed by atoms with Gasteiger partial charge in [0.1, 0.15) is 5.75 Å². The Labute approximate surface area is 141 Å². The first-order valence-corrected chi connectivity index (χ1v) is 7.43. The first-order chi connectivity index (χ1) is 10.1. The predicted octanol–water partition coefficient (Wildman–Crippen LogP) is 2.14. The highest BCUT2D eigenvalue weighted by atomic mass is 35.5. The molecule has 1 aliphatic heterocycles. The fourth-order valence-corrected chi connectivity index (χ4v) is 2.67. The van der Waals surface area contributed by atoms with E-state index in [2.05, 4.69) is 5.32 Å². The molecule has 0 spiro atoms. The SMILES string of the molecule is COc1ccc(Cl)cc1CNC(=O)C(N)C1CCOCC1.Cl. The van der Waals surface area contributed by atoms with Gasteiger partial charge in [-0.05, 0) is 37.0 Å². The molecule has 7 heteroatoms. The van der Waals surface area contributed by atoms with E-state index in [-0.39, 0.29) is 24.2 Å². The van der Waals surface area contributed by atoms with Crippen LogP contribution in [0.4, 0.5) is 0 Å². The zero-order valence-electron chi connectivity index (χ0n) is 12.5. The third kappa shape index (κ3) is 5.02. The summed E-state index contributed by atoms with van der Waals surface area (Å²) >= 11 is 5.97. The molecule has 0 saturated carbocycles. The normalized spacial score (nSPS) is 16.5. The van der Waals surface area contributed by atoms with Crippen molar-refractivity contribution >= 4 is 29.9 Å². The molecule has 1 amide bonds. The first kappa shape index (κ1) is 19.0. The van der Waals surface area contributed by atoms with Gasteiger partial charge in [0, 0.05) is 30.3 Å². The number of ether oxygens (including phenoxy) is 2. The number of rotatable bonds is 5. The van der Waals surface area contributed by atoms with Crippen LogP contribution in [0.25, 0.3) is 0 Å². The minimum atomic E-state index is -0.501. The number of halogens is 2. The molecule has 1 unspecified atom stereocenters. The Morgan fingerprint density at radius 3 is 2.82 bits per heavy atom. The second kappa shape index (κ2) is 9.20. The monoisotopic (exact) mass is 348 g/mol. The van der Waals surface area contributed by atoms with Crippen LogP contribution in [0.1, 0.15) is 18.4 Å². The van der Waals surface area contributed by atoms with Gasteiger partial charge in [-0.25, -0.2) is 0 Å². The third-order valence-electron chi connectivity index (χ3n) is 3.77. The van der Waals surface area contributed by atoms with E-state index >= 15 is 0 Å². The Balaban J connectivity index is 0.00000242. The third-order valence-corrected chi connectivity index (χ3v) is 4.01. The summed E-state index contributed by atoms with van der Waals surface area (Å²) in [5, 5.41) is 3.46. The van der Waals surface area contributed by atoms with E-state index in [0.717, 1.165) is 18.4 Å². The van der Waals surface area contributed by atoms with Crippen molar-refractivity contribution in [3.05, 3.63) is 28.8 Å². The maximum atomic E-state index is 12.1. The molecule has 5 nitrogen and oxygen atoms in total. The van der Waals surface area contributed by atoms with Crippen LogP contribution < -0.4 is 15.8 Å². The second-order valence-electron chi connectivity index (χ2n) is 5.15. The molecule has 1 aliphatic rings. The highest BCUT2D eigenvalue weighted by molar-refractivity contribution is 6.30. The van der Waals surface area contributed by atoms with Gasteiger partial charge in [0.15, 0.2) is 0 Å². The van der Waals surface area contributed by atoms with Crippen LogP contribution in [-0.4, -0.2) is 32.3 Å². The summed E-state index contributed by atoms with van der Waals surface area (Å²) in [5.41, 5.74) is 6.86. The topological polar surface area (TPSA) is 73.6 Å². The second-order valence-corrected chi connectivity index (χ2v) is 5.59. The molecule has 0 aromatic heterocycles. The zero-order valence-corrected chi connectivity index (χ0v) is 14.1. The number of benzene rings is 1. The maximum absolute atomic E-state index is 12.1. The van der Waals surface area contributed by atoms with Gasteiger partial charge in [0.2, 0.25) is 5.91 Å². The Kier molecular flexibility index (Phi) is 7.96. The Morgan fingerprint density at radius 2 is 2.18 bits per heavy atom. The number of amides is 1. The zero-order chi connectivity index (χ0) is 15.2. The van der Waals surface area contributed by atoms with Crippen molar-refractivity contribution in [3.63, 3.8) is 0 Å². The number of nitrogens with one attached hydrogen (secondary N) is 1. The van der Waals surface area contributed by atoms with Crippen LogP contribution in [-0.2, 0) is 16.1 Å². The van der Waals surface area contributed by atoms with Crippen molar-refractivity contribution in [2.24, 2.45) is 11.7 Å². The minimum Gasteiger partial charge on any atom is -0.496 e. The molecule has 0 radical (unpaired) electrons. The van der Waals surface area contributed by atoms with E-state index in [1.807, 2.05) is 0 Å². The molecule has 22 heavy (non-hydrogen) atoms. The molecule has 1 atom stereocenters. The molecule has 1 saturated heterocycles. The number of nitrogens with two attached hydrogens (primary N) is 1. The Hall–Kier alpha value is -1.01. The van der Waals surface area contributed by atoms with Gasteiger partial charge in [-0.2, -0.15) is 0 Å². The predicted molar refractivity (Wildman–Crippen MR) is 88.6 cm³/mol. The summed E-state index contributed by atoms with van der Waals surface area (Å²) in [6.07, 6.45) is 1.66. The van der Waals surface area contributed by atoms with Gasteiger partial charge in [-0.3, -0.25) is 4.79 Å². The van der Waals surface area contributed by atoms with E-state index in [4.69, 9.17) is 26.8 Å². The van der Waals surface area contributed by atoms with Crippen LogP contribution in [0.15, 0.2) is 18.2 Å². The van der Waals surface area contributed by atoms with Crippen LogP contribution in [0, 0.1) is 5.92 Å². The van der Waals surface area contributed by atoms with Crippen molar-refractivity contribution in [1.29, 1.82) is 0 Å². The maximum Gasteiger partial charge on any atom is 0.237 e. The van der Waals surface area contributed by atoms with Gasteiger partial charge < -0.3 is 20.5 Å². The summed E-state index contributed by atoms with van der Waals surface area (Å²) in [4.78, 5) is 12.1. The molecule has 1 heterocycles. The highest BCUT2D eigenvalue weighted by Gasteiger charge is 2.26. The molecule has 0 aliphatic carbocycles. The van der Waals surface area contributed by atoms with Crippen molar-refractivity contribution in [2.75, 3.05) is 20.3 Å². The van der Waals surface area contributed by atoms with Gasteiger partial charge in [-0.1, -0.05) is 11.6 Å². The molecule has 3 N–H and O–H groups in total. The van der Waals surface area contributed by atoms with Crippen molar-refractivity contribution in [1.82, 2.24) is 5.32 Å². The summed E-state index contributed by atoms with van der Waals surface area (Å²) in [6, 6.07) is 4.81. The number of methoxy groups -OCH3 is 1. The lowest BCUT2D eigenvalue weighted by Gasteiger charge is -2.26. The first-order valence-electron chi connectivity index (χ1n) is 7.05. The molecule has 1 aromatic rings. The van der Waals surface area contributed by atoms with Crippen LogP contribution in [0.2, 0.25) is 5.02 Å². The van der Waals surface area contributed by atoms with Crippen LogP contribution >= 0.6 is 24.0 Å². The standard InChI is InChI=1S/C15H21ClN2O3.ClH/c1-20-13-3-2-12(16)8-11(13)9-18-15(19)14(17)10-4-6-21-7-5-10;/h2-3,8,10,14H,4-7,9,17H2,1H3,(H,18,19);1H. The smallest absolute Gasteiger partial charge is 0.237 e. The lowest BCUT2D eigenvalue weighted by molar-refractivity contribution is -0.124. The van der Waals surface area contributed by atoms with Crippen molar-refractivity contribution < 1.29 is 14.3 Å². The van der Waals surface area contributed by atoms with Gasteiger partial charge in [0.05, 0.1) is 13.2 Å². The molecule has 1 fully saturated rings. The number of hydrogen-bond donors (Lipinski definition) is 2. The van der Waals surface area contributed by atoms with Gasteiger partial charge >= 0.3 is 0 Å². The van der Waals surface area contributed by atoms with Gasteiger partial charge in [0.25, 0.3) is 0 Å². The summed E-state index contributed by atoms with van der Waals surface area (Å²) in [5.74, 6) is 0.725. The van der Waals surface area contributed by atoms with Crippen LogP contribution in [0.5, 0.6) is 5.75 Å². The number of hydrogen-bond acceptors (Lipinski definition) is 4. The quantitative estimate of drug-likeness (QED) is 0.854. The van der Waals surface area contributed by atoms with Crippen LogP contribution in [0.3, 0.4) is 0 Å². The molecule has 0 bridgehead atoms. The fourth-order valence-electron chi connectivity index (χ4n) is 2.47. The average molecular weight is 349 g/mol. The summed E-state index contributed by atoms with van der Waals surface area (Å²) in [6.45, 7) is 1.70. The molecular formula is C15H22Cl2N2O3. The summed E-state index contributed by atoms with van der Waals surface area (Å²) in [7, 11) is 1.59. The average Bonchev–Trinajstić information content (AvgIpc) is 2.52. The highest BCUT2D eigenvalue weighted by Crippen LogP contribution is 2.23. The number of carbonyl (C=O) groups is 1. The molecule has 124 valence electrons. The van der Waals surface area contributed by atoms with Crippen molar-refractivity contribution in [2.45, 2.75) is 25.4 Å².